The standard InChI is InChI=1S/C13H19NO.C4H10/c1-10(13(2,3)4)12(15)14-11-8-6-5-7-9-11;1-4(2)3/h5-10H,1-4H3,(H,14,15);4H,1-3H3. The molecule has 2 nitrogen and oxygen atoms in total. The van der Waals surface area contributed by atoms with Gasteiger partial charge in [-0.05, 0) is 23.5 Å². The molecule has 0 aromatic heterocycles. The average Bonchev–Trinajstić information content (AvgIpc) is 2.27. The van der Waals surface area contributed by atoms with Crippen molar-refractivity contribution in [1.29, 1.82) is 0 Å². The summed E-state index contributed by atoms with van der Waals surface area (Å²) >= 11 is 0. The van der Waals surface area contributed by atoms with E-state index in [-0.39, 0.29) is 17.2 Å². The number of benzene rings is 1. The van der Waals surface area contributed by atoms with Gasteiger partial charge in [-0.3, -0.25) is 4.79 Å². The fourth-order valence-electron chi connectivity index (χ4n) is 1.17. The number of amides is 1. The van der Waals surface area contributed by atoms with Gasteiger partial charge in [-0.2, -0.15) is 0 Å². The van der Waals surface area contributed by atoms with E-state index in [0.717, 1.165) is 11.6 Å². The van der Waals surface area contributed by atoms with Gasteiger partial charge < -0.3 is 5.32 Å². The topological polar surface area (TPSA) is 29.1 Å². The van der Waals surface area contributed by atoms with Gasteiger partial charge in [-0.1, -0.05) is 66.7 Å². The van der Waals surface area contributed by atoms with Crippen LogP contribution in [0.5, 0.6) is 0 Å². The lowest BCUT2D eigenvalue weighted by Gasteiger charge is -2.26. The number of carbonyl (C=O) groups is 1. The lowest BCUT2D eigenvalue weighted by molar-refractivity contribution is -0.122. The van der Waals surface area contributed by atoms with E-state index >= 15 is 0 Å². The quantitative estimate of drug-likeness (QED) is 0.802. The Balaban J connectivity index is 0.000000711. The van der Waals surface area contributed by atoms with Gasteiger partial charge in [0.1, 0.15) is 0 Å². The number of hydrogen-bond donors (Lipinski definition) is 1. The summed E-state index contributed by atoms with van der Waals surface area (Å²) in [5.41, 5.74) is 0.859. The molecular formula is C17H29NO. The lowest BCUT2D eigenvalue weighted by Crippen LogP contribution is -2.30. The van der Waals surface area contributed by atoms with E-state index in [0.29, 0.717) is 0 Å². The second-order valence-electron chi connectivity index (χ2n) is 6.68. The molecule has 1 aromatic carbocycles. The second kappa shape index (κ2) is 7.98. The number of nitrogens with one attached hydrogen (secondary N) is 1. The van der Waals surface area contributed by atoms with Gasteiger partial charge in [0.25, 0.3) is 0 Å². The van der Waals surface area contributed by atoms with Crippen LogP contribution in [-0.2, 0) is 4.79 Å². The van der Waals surface area contributed by atoms with Crippen LogP contribution in [0.15, 0.2) is 30.3 Å². The molecule has 0 aliphatic rings. The highest BCUT2D eigenvalue weighted by Gasteiger charge is 2.26. The van der Waals surface area contributed by atoms with E-state index in [1.807, 2.05) is 37.3 Å². The third-order valence-electron chi connectivity index (χ3n) is 2.73. The molecule has 1 amide bonds. The fourth-order valence-corrected chi connectivity index (χ4v) is 1.17. The first-order chi connectivity index (χ1) is 8.64. The number of hydrogen-bond acceptors (Lipinski definition) is 1. The monoisotopic (exact) mass is 263 g/mol. The largest absolute Gasteiger partial charge is 0.326 e. The Morgan fingerprint density at radius 2 is 1.42 bits per heavy atom. The minimum atomic E-state index is -0.00212. The van der Waals surface area contributed by atoms with Crippen LogP contribution < -0.4 is 5.32 Å². The molecule has 0 bridgehead atoms. The summed E-state index contributed by atoms with van der Waals surface area (Å²) in [6.45, 7) is 14.7. The number of carbonyl (C=O) groups excluding carboxylic acids is 1. The molecule has 108 valence electrons. The molecule has 1 rings (SSSR count). The molecular weight excluding hydrogens is 234 g/mol. The summed E-state index contributed by atoms with van der Waals surface area (Å²) in [4.78, 5) is 11.8. The molecule has 1 aromatic rings. The van der Waals surface area contributed by atoms with Crippen molar-refractivity contribution < 1.29 is 4.79 Å². The van der Waals surface area contributed by atoms with Crippen LogP contribution in [0.25, 0.3) is 0 Å². The lowest BCUT2D eigenvalue weighted by atomic mass is 9.81. The van der Waals surface area contributed by atoms with Gasteiger partial charge in [-0.15, -0.1) is 0 Å². The van der Waals surface area contributed by atoms with Crippen molar-refractivity contribution in [1.82, 2.24) is 0 Å². The zero-order valence-electron chi connectivity index (χ0n) is 13.4. The summed E-state index contributed by atoms with van der Waals surface area (Å²) in [6, 6.07) is 9.55. The first kappa shape index (κ1) is 17.7. The molecule has 0 radical (unpaired) electrons. The molecule has 0 fully saturated rings. The molecule has 1 atom stereocenters. The summed E-state index contributed by atoms with van der Waals surface area (Å²) in [5, 5.41) is 2.91. The summed E-state index contributed by atoms with van der Waals surface area (Å²) in [7, 11) is 0. The maximum atomic E-state index is 11.8. The Morgan fingerprint density at radius 1 is 1.00 bits per heavy atom. The average molecular weight is 263 g/mol. The maximum absolute atomic E-state index is 11.8. The molecule has 2 heteroatoms. The van der Waals surface area contributed by atoms with Gasteiger partial charge in [0.05, 0.1) is 0 Å². The summed E-state index contributed by atoms with van der Waals surface area (Å²) in [6.07, 6.45) is 0. The van der Waals surface area contributed by atoms with E-state index in [4.69, 9.17) is 0 Å². The number of para-hydroxylation sites is 1. The van der Waals surface area contributed by atoms with Gasteiger partial charge in [0.2, 0.25) is 5.91 Å². The third-order valence-corrected chi connectivity index (χ3v) is 2.73. The normalized spacial score (nSPS) is 12.4. The van der Waals surface area contributed by atoms with E-state index in [1.54, 1.807) is 0 Å². The third kappa shape index (κ3) is 8.41. The molecule has 0 aliphatic carbocycles. The Hall–Kier alpha value is -1.31. The van der Waals surface area contributed by atoms with Crippen molar-refractivity contribution in [2.45, 2.75) is 48.5 Å². The van der Waals surface area contributed by atoms with Crippen LogP contribution in [0.3, 0.4) is 0 Å². The smallest absolute Gasteiger partial charge is 0.227 e. The number of rotatable bonds is 2. The molecule has 19 heavy (non-hydrogen) atoms. The molecule has 1 unspecified atom stereocenters. The highest BCUT2D eigenvalue weighted by atomic mass is 16.1. The zero-order chi connectivity index (χ0) is 15.1. The minimum absolute atomic E-state index is 0.00113. The number of anilines is 1. The first-order valence-electron chi connectivity index (χ1n) is 7.00. The first-order valence-corrected chi connectivity index (χ1v) is 7.00. The van der Waals surface area contributed by atoms with Crippen molar-refractivity contribution in [3.63, 3.8) is 0 Å². The van der Waals surface area contributed by atoms with Crippen molar-refractivity contribution in [2.24, 2.45) is 17.3 Å². The predicted molar refractivity (Wildman–Crippen MR) is 84.2 cm³/mol. The highest BCUT2D eigenvalue weighted by Crippen LogP contribution is 2.26. The highest BCUT2D eigenvalue weighted by molar-refractivity contribution is 5.92. The van der Waals surface area contributed by atoms with Crippen LogP contribution in [0.1, 0.15) is 48.5 Å². The SMILES string of the molecule is CC(C(=O)Nc1ccccc1)C(C)(C)C.CC(C)C. The Labute approximate surface area is 118 Å². The van der Waals surface area contributed by atoms with E-state index in [9.17, 15) is 4.79 Å². The van der Waals surface area contributed by atoms with Crippen LogP contribution >= 0.6 is 0 Å². The predicted octanol–water partition coefficient (Wildman–Crippen LogP) is 4.97. The zero-order valence-corrected chi connectivity index (χ0v) is 13.4. The van der Waals surface area contributed by atoms with Crippen LogP contribution in [0.2, 0.25) is 0 Å². The molecule has 1 N–H and O–H groups in total. The van der Waals surface area contributed by atoms with Crippen molar-refractivity contribution in [3.8, 4) is 0 Å². The van der Waals surface area contributed by atoms with Gasteiger partial charge >= 0.3 is 0 Å². The Bertz CT molecular complexity index is 360. The summed E-state index contributed by atoms with van der Waals surface area (Å²) < 4.78 is 0. The maximum Gasteiger partial charge on any atom is 0.227 e. The molecule has 0 aliphatic heterocycles. The van der Waals surface area contributed by atoms with Crippen LogP contribution in [-0.4, -0.2) is 5.91 Å². The van der Waals surface area contributed by atoms with Gasteiger partial charge in [-0.25, -0.2) is 0 Å². The van der Waals surface area contributed by atoms with E-state index < -0.39 is 0 Å². The second-order valence-corrected chi connectivity index (χ2v) is 6.68. The summed E-state index contributed by atoms with van der Waals surface area (Å²) in [5.74, 6) is 0.909. The minimum Gasteiger partial charge on any atom is -0.326 e. The molecule has 0 saturated carbocycles. The van der Waals surface area contributed by atoms with E-state index in [1.165, 1.54) is 0 Å². The fraction of sp³-hybridized carbons (Fsp3) is 0.588. The van der Waals surface area contributed by atoms with Crippen LogP contribution in [0.4, 0.5) is 5.69 Å². The van der Waals surface area contributed by atoms with Crippen molar-refractivity contribution in [3.05, 3.63) is 30.3 Å². The van der Waals surface area contributed by atoms with Crippen molar-refractivity contribution >= 4 is 11.6 Å². The molecule has 0 spiro atoms. The Morgan fingerprint density at radius 3 is 1.79 bits per heavy atom. The van der Waals surface area contributed by atoms with Crippen molar-refractivity contribution in [2.75, 3.05) is 5.32 Å². The molecule has 0 saturated heterocycles. The Kier molecular flexibility index (Phi) is 7.43. The molecule has 0 heterocycles. The van der Waals surface area contributed by atoms with Crippen LogP contribution in [0, 0.1) is 17.3 Å². The van der Waals surface area contributed by atoms with Gasteiger partial charge in [0.15, 0.2) is 0 Å². The van der Waals surface area contributed by atoms with E-state index in [2.05, 4.69) is 46.9 Å². The van der Waals surface area contributed by atoms with Gasteiger partial charge in [0, 0.05) is 11.6 Å².